The minimum atomic E-state index is -4.90. The Morgan fingerprint density at radius 3 is 2.44 bits per heavy atom. The Labute approximate surface area is 87.3 Å². The third-order valence-corrected chi connectivity index (χ3v) is 1.77. The van der Waals surface area contributed by atoms with Crippen molar-refractivity contribution in [2.75, 3.05) is 0 Å². The lowest BCUT2D eigenvalue weighted by Crippen LogP contribution is -2.12. The van der Waals surface area contributed by atoms with E-state index in [0.717, 1.165) is 6.20 Å². The number of rotatable bonds is 2. The number of aromatic nitrogens is 1. The number of alkyl halides is 5. The zero-order chi connectivity index (χ0) is 12.3. The average molecular weight is 236 g/mol. The molecule has 86 valence electrons. The Hall–Kier alpha value is -1.71. The Morgan fingerprint density at radius 1 is 1.38 bits per heavy atom. The molecule has 0 radical (unpaired) electrons. The van der Waals surface area contributed by atoms with E-state index in [1.165, 1.54) is 0 Å². The van der Waals surface area contributed by atoms with E-state index in [0.29, 0.717) is 6.07 Å². The molecule has 0 saturated heterocycles. The van der Waals surface area contributed by atoms with Gasteiger partial charge in [0.15, 0.2) is 0 Å². The summed E-state index contributed by atoms with van der Waals surface area (Å²) in [6.45, 7) is 0. The van der Waals surface area contributed by atoms with Crippen LogP contribution >= 0.6 is 0 Å². The third-order valence-electron chi connectivity index (χ3n) is 1.77. The first-order valence-electron chi connectivity index (χ1n) is 4.07. The van der Waals surface area contributed by atoms with Gasteiger partial charge < -0.3 is 0 Å². The molecule has 0 aliphatic rings. The van der Waals surface area contributed by atoms with Crippen molar-refractivity contribution in [1.82, 2.24) is 4.98 Å². The van der Waals surface area contributed by atoms with E-state index in [2.05, 4.69) is 4.98 Å². The highest BCUT2D eigenvalue weighted by Gasteiger charge is 2.36. The lowest BCUT2D eigenvalue weighted by Gasteiger charge is -2.12. The first kappa shape index (κ1) is 12.4. The number of nitriles is 1. The number of hydrogen-bond donors (Lipinski definition) is 0. The molecule has 2 nitrogen and oxygen atoms in total. The van der Waals surface area contributed by atoms with Gasteiger partial charge in [0.25, 0.3) is 6.43 Å². The van der Waals surface area contributed by atoms with Crippen LogP contribution in [-0.4, -0.2) is 4.98 Å². The molecule has 1 aromatic rings. The summed E-state index contributed by atoms with van der Waals surface area (Å²) in [6.07, 6.45) is -7.66. The predicted octanol–water partition coefficient (Wildman–Crippen LogP) is 3.10. The lowest BCUT2D eigenvalue weighted by atomic mass is 10.1. The second-order valence-corrected chi connectivity index (χ2v) is 2.91. The highest BCUT2D eigenvalue weighted by atomic mass is 19.4. The fourth-order valence-electron chi connectivity index (χ4n) is 1.11. The topological polar surface area (TPSA) is 36.7 Å². The number of pyridine rings is 1. The van der Waals surface area contributed by atoms with Gasteiger partial charge in [-0.25, -0.2) is 8.78 Å². The second kappa shape index (κ2) is 4.43. The highest BCUT2D eigenvalue weighted by Crippen LogP contribution is 2.35. The van der Waals surface area contributed by atoms with Crippen LogP contribution in [0.15, 0.2) is 12.3 Å². The van der Waals surface area contributed by atoms with Gasteiger partial charge in [-0.2, -0.15) is 18.4 Å². The summed E-state index contributed by atoms with van der Waals surface area (Å²) in [5.41, 5.74) is -2.84. The summed E-state index contributed by atoms with van der Waals surface area (Å²) in [5.74, 6) is 0. The average Bonchev–Trinajstić information content (AvgIpc) is 2.16. The van der Waals surface area contributed by atoms with Gasteiger partial charge >= 0.3 is 6.18 Å². The third kappa shape index (κ3) is 2.66. The maximum absolute atomic E-state index is 12.4. The Kier molecular flexibility index (Phi) is 3.42. The van der Waals surface area contributed by atoms with E-state index in [1.807, 2.05) is 0 Å². The molecule has 0 N–H and O–H groups in total. The van der Waals surface area contributed by atoms with Crippen molar-refractivity contribution in [1.29, 1.82) is 5.26 Å². The van der Waals surface area contributed by atoms with Crippen LogP contribution in [0.1, 0.15) is 23.2 Å². The molecule has 0 amide bonds. The van der Waals surface area contributed by atoms with E-state index in [9.17, 15) is 22.0 Å². The normalized spacial score (nSPS) is 11.6. The Morgan fingerprint density at radius 2 is 2.00 bits per heavy atom. The molecule has 7 heteroatoms. The van der Waals surface area contributed by atoms with Gasteiger partial charge in [0.2, 0.25) is 0 Å². The quantitative estimate of drug-likeness (QED) is 0.740. The van der Waals surface area contributed by atoms with Crippen LogP contribution in [0.4, 0.5) is 22.0 Å². The van der Waals surface area contributed by atoms with Gasteiger partial charge in [-0.15, -0.1) is 0 Å². The van der Waals surface area contributed by atoms with Crippen molar-refractivity contribution >= 4 is 0 Å². The monoisotopic (exact) mass is 236 g/mol. The SMILES string of the molecule is N#CCc1cnc(C(F)F)c(C(F)(F)F)c1. The molecule has 1 rings (SSSR count). The molecular weight excluding hydrogens is 231 g/mol. The summed E-state index contributed by atoms with van der Waals surface area (Å²) < 4.78 is 61.6. The van der Waals surface area contributed by atoms with Gasteiger partial charge in [-0.1, -0.05) is 0 Å². The molecule has 0 unspecified atom stereocenters. The minimum Gasteiger partial charge on any atom is -0.254 e. The molecule has 16 heavy (non-hydrogen) atoms. The van der Waals surface area contributed by atoms with Gasteiger partial charge in [0.05, 0.1) is 18.1 Å². The van der Waals surface area contributed by atoms with Crippen LogP contribution in [-0.2, 0) is 12.6 Å². The molecule has 1 aromatic heterocycles. The van der Waals surface area contributed by atoms with E-state index < -0.39 is 23.9 Å². The maximum Gasteiger partial charge on any atom is 0.418 e. The number of nitrogens with zero attached hydrogens (tertiary/aromatic N) is 2. The van der Waals surface area contributed by atoms with Crippen molar-refractivity contribution in [3.05, 3.63) is 29.1 Å². The predicted molar refractivity (Wildman–Crippen MR) is 43.5 cm³/mol. The smallest absolute Gasteiger partial charge is 0.254 e. The van der Waals surface area contributed by atoms with Crippen molar-refractivity contribution in [3.8, 4) is 6.07 Å². The molecule has 0 atom stereocenters. The minimum absolute atomic E-state index is 0.0424. The molecule has 1 heterocycles. The van der Waals surface area contributed by atoms with E-state index in [1.54, 1.807) is 6.07 Å². The molecule has 0 bridgehead atoms. The van der Waals surface area contributed by atoms with Crippen LogP contribution in [0, 0.1) is 11.3 Å². The molecule has 0 aromatic carbocycles. The van der Waals surface area contributed by atoms with Crippen LogP contribution in [0.3, 0.4) is 0 Å². The van der Waals surface area contributed by atoms with Crippen molar-refractivity contribution in [2.24, 2.45) is 0 Å². The molecule has 0 fully saturated rings. The summed E-state index contributed by atoms with van der Waals surface area (Å²) >= 11 is 0. The largest absolute Gasteiger partial charge is 0.418 e. The van der Waals surface area contributed by atoms with Crippen molar-refractivity contribution in [3.63, 3.8) is 0 Å². The second-order valence-electron chi connectivity index (χ2n) is 2.91. The van der Waals surface area contributed by atoms with E-state index in [4.69, 9.17) is 5.26 Å². The summed E-state index contributed by atoms with van der Waals surface area (Å²) in [4.78, 5) is 3.04. The van der Waals surface area contributed by atoms with Crippen molar-refractivity contribution in [2.45, 2.75) is 19.0 Å². The van der Waals surface area contributed by atoms with Crippen LogP contribution in [0.2, 0.25) is 0 Å². The standard InChI is InChI=1S/C9H5F5N2/c10-8(11)7-6(9(12,13)14)3-5(1-2-15)4-16-7/h3-4,8H,1H2. The molecule has 0 aliphatic heterocycles. The summed E-state index contributed by atoms with van der Waals surface area (Å²) in [7, 11) is 0. The molecule has 0 spiro atoms. The fraction of sp³-hybridized carbons (Fsp3) is 0.333. The molecular formula is C9H5F5N2. The Bertz CT molecular complexity index is 419. The zero-order valence-corrected chi connectivity index (χ0v) is 7.72. The van der Waals surface area contributed by atoms with Gasteiger partial charge in [-0.05, 0) is 11.6 Å². The first-order valence-corrected chi connectivity index (χ1v) is 4.07. The number of hydrogen-bond acceptors (Lipinski definition) is 2. The Balaban J connectivity index is 3.28. The summed E-state index contributed by atoms with van der Waals surface area (Å²) in [5, 5.41) is 8.28. The van der Waals surface area contributed by atoms with Crippen LogP contribution in [0.5, 0.6) is 0 Å². The van der Waals surface area contributed by atoms with Crippen LogP contribution < -0.4 is 0 Å². The van der Waals surface area contributed by atoms with Gasteiger partial charge in [0, 0.05) is 6.20 Å². The number of halogens is 5. The molecule has 0 saturated carbocycles. The van der Waals surface area contributed by atoms with E-state index >= 15 is 0 Å². The van der Waals surface area contributed by atoms with Gasteiger partial charge in [0.1, 0.15) is 5.69 Å². The van der Waals surface area contributed by atoms with Crippen molar-refractivity contribution < 1.29 is 22.0 Å². The maximum atomic E-state index is 12.4. The molecule has 0 aliphatic carbocycles. The fourth-order valence-corrected chi connectivity index (χ4v) is 1.11. The van der Waals surface area contributed by atoms with Crippen LogP contribution in [0.25, 0.3) is 0 Å². The lowest BCUT2D eigenvalue weighted by molar-refractivity contribution is -0.140. The summed E-state index contributed by atoms with van der Waals surface area (Å²) in [6, 6.07) is 2.14. The van der Waals surface area contributed by atoms with Gasteiger partial charge in [-0.3, -0.25) is 4.98 Å². The zero-order valence-electron chi connectivity index (χ0n) is 7.72. The highest BCUT2D eigenvalue weighted by molar-refractivity contribution is 5.30. The van der Waals surface area contributed by atoms with E-state index in [-0.39, 0.29) is 12.0 Å². The first-order chi connectivity index (χ1) is 7.36.